The Balaban J connectivity index is 2.38. The summed E-state index contributed by atoms with van der Waals surface area (Å²) in [5.74, 6) is 0. The van der Waals surface area contributed by atoms with Crippen molar-refractivity contribution in [2.45, 2.75) is 58.2 Å². The number of amides is 1. The number of benzene rings is 2. The van der Waals surface area contributed by atoms with E-state index in [4.69, 9.17) is 9.16 Å². The number of ether oxygens (including phenoxy) is 1. The van der Waals surface area contributed by atoms with Gasteiger partial charge in [0.2, 0.25) is 0 Å². The third kappa shape index (κ3) is 5.80. The van der Waals surface area contributed by atoms with Crippen molar-refractivity contribution < 1.29 is 18.8 Å². The van der Waals surface area contributed by atoms with Crippen LogP contribution in [0.15, 0.2) is 60.7 Å². The number of hydrogen-bond donors (Lipinski definition) is 1. The van der Waals surface area contributed by atoms with E-state index in [0.717, 1.165) is 10.4 Å². The monoisotopic (exact) mass is 427 g/mol. The molecule has 0 aromatic heterocycles. The van der Waals surface area contributed by atoms with Crippen LogP contribution in [0, 0.1) is 0 Å². The van der Waals surface area contributed by atoms with Gasteiger partial charge in [0.1, 0.15) is 17.9 Å². The maximum atomic E-state index is 12.2. The molecule has 0 aliphatic carbocycles. The average molecular weight is 428 g/mol. The zero-order valence-electron chi connectivity index (χ0n) is 18.8. The van der Waals surface area contributed by atoms with E-state index in [1.165, 1.54) is 0 Å². The standard InChI is InChI=1S/C24H33NO4Si/c1-23(2,3)29-22(27)25-19(17-26)18-28-30(24(4,5)6,20-13-9-7-10-14-20)21-15-11-8-12-16-21/h7-17,19H,18H2,1-6H3,(H,25,27)/t19-/m0/s1. The molecule has 0 bridgehead atoms. The zero-order chi connectivity index (χ0) is 22.4. The molecule has 30 heavy (non-hydrogen) atoms. The Kier molecular flexibility index (Phi) is 7.61. The molecule has 0 aliphatic heterocycles. The van der Waals surface area contributed by atoms with Crippen LogP contribution in [-0.4, -0.2) is 38.9 Å². The molecule has 2 rings (SSSR count). The minimum atomic E-state index is -2.78. The van der Waals surface area contributed by atoms with Crippen LogP contribution in [0.4, 0.5) is 4.79 Å². The second kappa shape index (κ2) is 9.58. The highest BCUT2D eigenvalue weighted by atomic mass is 28.4. The molecule has 6 heteroatoms. The van der Waals surface area contributed by atoms with Crippen molar-refractivity contribution in [3.8, 4) is 0 Å². The van der Waals surface area contributed by atoms with Crippen LogP contribution >= 0.6 is 0 Å². The largest absolute Gasteiger partial charge is 0.444 e. The van der Waals surface area contributed by atoms with E-state index in [1.54, 1.807) is 20.8 Å². The van der Waals surface area contributed by atoms with Gasteiger partial charge in [0.25, 0.3) is 8.32 Å². The molecule has 5 nitrogen and oxygen atoms in total. The Morgan fingerprint density at radius 2 is 1.40 bits per heavy atom. The highest BCUT2D eigenvalue weighted by Gasteiger charge is 2.50. The number of rotatable bonds is 7. The number of alkyl carbamates (subject to hydrolysis) is 1. The van der Waals surface area contributed by atoms with Crippen LogP contribution in [-0.2, 0) is 14.0 Å². The molecule has 2 aromatic rings. The molecule has 0 saturated heterocycles. The molecule has 1 atom stereocenters. The minimum absolute atomic E-state index is 0.0655. The van der Waals surface area contributed by atoms with E-state index < -0.39 is 26.1 Å². The lowest BCUT2D eigenvalue weighted by atomic mass is 10.2. The van der Waals surface area contributed by atoms with Gasteiger partial charge in [0, 0.05) is 0 Å². The molecule has 0 saturated carbocycles. The lowest BCUT2D eigenvalue weighted by molar-refractivity contribution is -0.110. The van der Waals surface area contributed by atoms with E-state index in [0.29, 0.717) is 6.29 Å². The van der Waals surface area contributed by atoms with Crippen LogP contribution in [0.5, 0.6) is 0 Å². The first kappa shape index (κ1) is 23.8. The molecule has 1 N–H and O–H groups in total. The SMILES string of the molecule is CC(C)(C)OC(=O)N[C@@H](C=O)CO[Si](c1ccccc1)(c1ccccc1)C(C)(C)C. The van der Waals surface area contributed by atoms with E-state index >= 15 is 0 Å². The van der Waals surface area contributed by atoms with Crippen molar-refractivity contribution in [3.63, 3.8) is 0 Å². The highest BCUT2D eigenvalue weighted by molar-refractivity contribution is 6.99. The zero-order valence-corrected chi connectivity index (χ0v) is 19.8. The van der Waals surface area contributed by atoms with Gasteiger partial charge in [-0.1, -0.05) is 81.4 Å². The van der Waals surface area contributed by atoms with Gasteiger partial charge in [-0.15, -0.1) is 0 Å². The molecular formula is C24H33NO4Si. The quantitative estimate of drug-likeness (QED) is 0.541. The molecule has 0 aliphatic rings. The first-order valence-corrected chi connectivity index (χ1v) is 12.1. The number of hydrogen-bond acceptors (Lipinski definition) is 4. The van der Waals surface area contributed by atoms with Gasteiger partial charge in [-0.2, -0.15) is 0 Å². The Morgan fingerprint density at radius 1 is 0.933 bits per heavy atom. The summed E-state index contributed by atoms with van der Waals surface area (Å²) in [4.78, 5) is 23.9. The molecule has 0 radical (unpaired) electrons. The third-order valence-electron chi connectivity index (χ3n) is 4.76. The lowest BCUT2D eigenvalue weighted by Gasteiger charge is -2.43. The fourth-order valence-corrected chi connectivity index (χ4v) is 8.14. The van der Waals surface area contributed by atoms with Crippen molar-refractivity contribution in [3.05, 3.63) is 60.7 Å². The Morgan fingerprint density at radius 3 is 1.77 bits per heavy atom. The van der Waals surface area contributed by atoms with Crippen LogP contribution in [0.3, 0.4) is 0 Å². The van der Waals surface area contributed by atoms with Crippen LogP contribution < -0.4 is 15.7 Å². The van der Waals surface area contributed by atoms with Gasteiger partial charge in [0.15, 0.2) is 0 Å². The first-order chi connectivity index (χ1) is 14.0. The molecule has 0 heterocycles. The maximum absolute atomic E-state index is 12.2. The Hall–Kier alpha value is -2.44. The van der Waals surface area contributed by atoms with Gasteiger partial charge in [0.05, 0.1) is 6.61 Å². The summed E-state index contributed by atoms with van der Waals surface area (Å²) in [6.45, 7) is 11.9. The van der Waals surface area contributed by atoms with E-state index in [9.17, 15) is 9.59 Å². The van der Waals surface area contributed by atoms with E-state index in [2.05, 4.69) is 50.4 Å². The van der Waals surface area contributed by atoms with Gasteiger partial charge < -0.3 is 19.3 Å². The molecule has 0 fully saturated rings. The van der Waals surface area contributed by atoms with Crippen molar-refractivity contribution in [2.75, 3.05) is 6.61 Å². The average Bonchev–Trinajstić information content (AvgIpc) is 2.66. The maximum Gasteiger partial charge on any atom is 0.408 e. The molecule has 162 valence electrons. The summed E-state index contributed by atoms with van der Waals surface area (Å²) in [7, 11) is -2.78. The van der Waals surface area contributed by atoms with E-state index in [-0.39, 0.29) is 11.6 Å². The van der Waals surface area contributed by atoms with Crippen LogP contribution in [0.1, 0.15) is 41.5 Å². The summed E-state index contributed by atoms with van der Waals surface area (Å²) in [5.41, 5.74) is -0.642. The minimum Gasteiger partial charge on any atom is -0.444 e. The highest BCUT2D eigenvalue weighted by Crippen LogP contribution is 2.36. The number of nitrogens with one attached hydrogen (secondary N) is 1. The van der Waals surface area contributed by atoms with Gasteiger partial charge in [-0.3, -0.25) is 0 Å². The van der Waals surface area contributed by atoms with Crippen molar-refractivity contribution >= 4 is 31.1 Å². The second-order valence-corrected chi connectivity index (χ2v) is 13.7. The molecule has 1 amide bonds. The predicted molar refractivity (Wildman–Crippen MR) is 123 cm³/mol. The number of carbonyl (C=O) groups is 2. The van der Waals surface area contributed by atoms with Crippen molar-refractivity contribution in [2.24, 2.45) is 0 Å². The Bertz CT molecular complexity index is 786. The summed E-state index contributed by atoms with van der Waals surface area (Å²) < 4.78 is 12.0. The second-order valence-electron chi connectivity index (χ2n) is 9.36. The summed E-state index contributed by atoms with van der Waals surface area (Å²) in [6, 6.07) is 19.5. The van der Waals surface area contributed by atoms with Crippen molar-refractivity contribution in [1.29, 1.82) is 0 Å². The Labute approximate surface area is 180 Å². The fraction of sp³-hybridized carbons (Fsp3) is 0.417. The molecular weight excluding hydrogens is 394 g/mol. The normalized spacial score (nSPS) is 13.4. The topological polar surface area (TPSA) is 64.6 Å². The lowest BCUT2D eigenvalue weighted by Crippen LogP contribution is -2.67. The number of aldehydes is 1. The predicted octanol–water partition coefficient (Wildman–Crippen LogP) is 3.66. The van der Waals surface area contributed by atoms with Gasteiger partial charge in [-0.25, -0.2) is 4.79 Å². The van der Waals surface area contributed by atoms with Gasteiger partial charge in [-0.05, 0) is 36.2 Å². The molecule has 0 spiro atoms. The summed E-state index contributed by atoms with van der Waals surface area (Å²) in [6.07, 6.45) is 0.0625. The van der Waals surface area contributed by atoms with Crippen LogP contribution in [0.2, 0.25) is 5.04 Å². The summed E-state index contributed by atoms with van der Waals surface area (Å²) in [5, 5.41) is 4.64. The number of carbonyl (C=O) groups excluding carboxylic acids is 2. The first-order valence-electron chi connectivity index (χ1n) is 10.2. The van der Waals surface area contributed by atoms with Crippen LogP contribution in [0.25, 0.3) is 0 Å². The smallest absolute Gasteiger partial charge is 0.408 e. The van der Waals surface area contributed by atoms with Gasteiger partial charge >= 0.3 is 6.09 Å². The van der Waals surface area contributed by atoms with E-state index in [1.807, 2.05) is 36.4 Å². The fourth-order valence-electron chi connectivity index (χ4n) is 3.55. The van der Waals surface area contributed by atoms with Crippen molar-refractivity contribution in [1.82, 2.24) is 5.32 Å². The molecule has 0 unspecified atom stereocenters. The third-order valence-corrected chi connectivity index (χ3v) is 9.77. The molecule has 2 aromatic carbocycles. The summed E-state index contributed by atoms with van der Waals surface area (Å²) >= 11 is 0.